The zero-order valence-electron chi connectivity index (χ0n) is 15.3. The number of phenols is 1. The number of phenolic OH excluding ortho intramolecular Hbond substituents is 1. The predicted molar refractivity (Wildman–Crippen MR) is 114 cm³/mol. The van der Waals surface area contributed by atoms with Crippen LogP contribution in [0.5, 0.6) is 5.75 Å². The molecule has 3 nitrogen and oxygen atoms in total. The molecule has 0 spiro atoms. The number of pyridine rings is 1. The monoisotopic (exact) mass is 376 g/mol. The average molecular weight is 377 g/mol. The fraction of sp³-hybridized carbons (Fsp3) is 0.304. The Hall–Kier alpha value is -2.46. The van der Waals surface area contributed by atoms with Gasteiger partial charge in [0.05, 0.1) is 0 Å². The van der Waals surface area contributed by atoms with E-state index in [9.17, 15) is 5.11 Å². The fourth-order valence-electron chi connectivity index (χ4n) is 4.14. The molecule has 2 aromatic carbocycles. The molecule has 0 radical (unpaired) electrons. The number of aromatic nitrogens is 1. The summed E-state index contributed by atoms with van der Waals surface area (Å²) in [5.74, 6) is 0.200. The summed E-state index contributed by atoms with van der Waals surface area (Å²) in [6.45, 7) is 0. The minimum absolute atomic E-state index is 0.00444. The summed E-state index contributed by atoms with van der Waals surface area (Å²) in [4.78, 5) is 5.17. The molecule has 0 unspecified atom stereocenters. The topological polar surface area (TPSA) is 45.1 Å². The summed E-state index contributed by atoms with van der Waals surface area (Å²) < 4.78 is 0. The lowest BCUT2D eigenvalue weighted by Gasteiger charge is -2.39. The van der Waals surface area contributed by atoms with Crippen molar-refractivity contribution >= 4 is 28.1 Å². The quantitative estimate of drug-likeness (QED) is 0.618. The standard InChI is InChI=1S/C23H24N2OS/c26-20-11-7-10-18-14-19(16-24-21(18)20)22(27)25-23(12-5-2-6-13-23)15-17-8-3-1-4-9-17/h1,3-4,7-11,14,16,26H,2,5-6,12-13,15H2,(H,25,27). The third-order valence-corrected chi connectivity index (χ3v) is 5.86. The molecule has 138 valence electrons. The molecule has 0 saturated heterocycles. The average Bonchev–Trinajstić information content (AvgIpc) is 2.69. The van der Waals surface area contributed by atoms with Gasteiger partial charge in [-0.05, 0) is 37.0 Å². The number of rotatable bonds is 4. The van der Waals surface area contributed by atoms with Crippen LogP contribution in [-0.2, 0) is 6.42 Å². The Labute approximate surface area is 165 Å². The molecule has 1 fully saturated rings. The van der Waals surface area contributed by atoms with Crippen molar-refractivity contribution in [3.05, 3.63) is 71.9 Å². The summed E-state index contributed by atoms with van der Waals surface area (Å²) in [6.07, 6.45) is 8.75. The van der Waals surface area contributed by atoms with Crippen molar-refractivity contribution in [2.45, 2.75) is 44.1 Å². The number of nitrogens with one attached hydrogen (secondary N) is 1. The van der Waals surface area contributed by atoms with Gasteiger partial charge in [-0.2, -0.15) is 0 Å². The van der Waals surface area contributed by atoms with E-state index < -0.39 is 0 Å². The molecule has 4 rings (SSSR count). The van der Waals surface area contributed by atoms with Crippen molar-refractivity contribution < 1.29 is 5.11 Å². The van der Waals surface area contributed by atoms with Crippen molar-refractivity contribution in [2.75, 3.05) is 0 Å². The van der Waals surface area contributed by atoms with Gasteiger partial charge in [-0.15, -0.1) is 0 Å². The highest BCUT2D eigenvalue weighted by Crippen LogP contribution is 2.32. The number of thiocarbonyl (C=S) groups is 1. The van der Waals surface area contributed by atoms with Gasteiger partial charge in [0.25, 0.3) is 0 Å². The molecule has 27 heavy (non-hydrogen) atoms. The summed E-state index contributed by atoms with van der Waals surface area (Å²) >= 11 is 5.77. The summed E-state index contributed by atoms with van der Waals surface area (Å²) in [6, 6.07) is 18.1. The second-order valence-electron chi connectivity index (χ2n) is 7.53. The number of hydrogen-bond acceptors (Lipinski definition) is 3. The van der Waals surface area contributed by atoms with Gasteiger partial charge in [-0.25, -0.2) is 0 Å². The van der Waals surface area contributed by atoms with Crippen molar-refractivity contribution in [2.24, 2.45) is 0 Å². The largest absolute Gasteiger partial charge is 0.506 e. The second kappa shape index (κ2) is 7.65. The summed E-state index contributed by atoms with van der Waals surface area (Å²) in [5.41, 5.74) is 2.86. The maximum atomic E-state index is 9.96. The van der Waals surface area contributed by atoms with E-state index >= 15 is 0 Å². The van der Waals surface area contributed by atoms with E-state index in [1.807, 2.05) is 18.2 Å². The SMILES string of the molecule is Oc1cccc2cc(C(=S)NC3(Cc4ccccc4)CCCCC3)cnc12. The molecule has 1 saturated carbocycles. The number of para-hydroxylation sites is 1. The van der Waals surface area contributed by atoms with E-state index in [1.54, 1.807) is 12.3 Å². The molecular formula is C23H24N2OS. The van der Waals surface area contributed by atoms with Crippen LogP contribution in [-0.4, -0.2) is 20.6 Å². The van der Waals surface area contributed by atoms with Gasteiger partial charge in [0.1, 0.15) is 16.3 Å². The van der Waals surface area contributed by atoms with E-state index in [2.05, 4.69) is 40.6 Å². The highest BCUT2D eigenvalue weighted by atomic mass is 32.1. The Morgan fingerprint density at radius 3 is 2.59 bits per heavy atom. The lowest BCUT2D eigenvalue weighted by molar-refractivity contribution is 0.265. The maximum Gasteiger partial charge on any atom is 0.141 e. The Morgan fingerprint density at radius 1 is 1.04 bits per heavy atom. The van der Waals surface area contributed by atoms with E-state index in [-0.39, 0.29) is 11.3 Å². The van der Waals surface area contributed by atoms with Crippen molar-refractivity contribution in [1.82, 2.24) is 10.3 Å². The zero-order chi connectivity index (χ0) is 18.7. The van der Waals surface area contributed by atoms with Crippen LogP contribution in [0.25, 0.3) is 10.9 Å². The van der Waals surface area contributed by atoms with Crippen molar-refractivity contribution in [3.8, 4) is 5.75 Å². The number of nitrogens with zero attached hydrogens (tertiary/aromatic N) is 1. The number of fused-ring (bicyclic) bond motifs is 1. The van der Waals surface area contributed by atoms with Crippen molar-refractivity contribution in [3.63, 3.8) is 0 Å². The normalized spacial score (nSPS) is 16.1. The van der Waals surface area contributed by atoms with Crippen LogP contribution < -0.4 is 5.32 Å². The molecule has 1 aliphatic carbocycles. The molecule has 3 aromatic rings. The fourth-order valence-corrected chi connectivity index (χ4v) is 4.47. The first-order chi connectivity index (χ1) is 13.2. The van der Waals surface area contributed by atoms with Crippen LogP contribution in [0.3, 0.4) is 0 Å². The number of aromatic hydroxyl groups is 1. The van der Waals surface area contributed by atoms with Gasteiger partial charge in [-0.3, -0.25) is 4.98 Å². The van der Waals surface area contributed by atoms with E-state index in [0.29, 0.717) is 5.52 Å². The Balaban J connectivity index is 1.60. The van der Waals surface area contributed by atoms with Crippen LogP contribution in [0.2, 0.25) is 0 Å². The lowest BCUT2D eigenvalue weighted by Crippen LogP contribution is -2.51. The van der Waals surface area contributed by atoms with Crippen LogP contribution in [0, 0.1) is 0 Å². The number of hydrogen-bond donors (Lipinski definition) is 2. The van der Waals surface area contributed by atoms with E-state index in [4.69, 9.17) is 12.2 Å². The first-order valence-electron chi connectivity index (χ1n) is 9.59. The van der Waals surface area contributed by atoms with E-state index in [0.717, 1.165) is 35.2 Å². The van der Waals surface area contributed by atoms with Crippen LogP contribution in [0.15, 0.2) is 60.8 Å². The smallest absolute Gasteiger partial charge is 0.141 e. The molecule has 0 amide bonds. The molecule has 4 heteroatoms. The highest BCUT2D eigenvalue weighted by molar-refractivity contribution is 7.80. The molecule has 1 heterocycles. The molecule has 0 aliphatic heterocycles. The lowest BCUT2D eigenvalue weighted by atomic mass is 9.77. The Bertz CT molecular complexity index is 949. The molecule has 0 bridgehead atoms. The van der Waals surface area contributed by atoms with Crippen LogP contribution in [0.1, 0.15) is 43.2 Å². The first-order valence-corrected chi connectivity index (χ1v) is 10.0. The van der Waals surface area contributed by atoms with E-state index in [1.165, 1.54) is 24.8 Å². The van der Waals surface area contributed by atoms with Gasteiger partial charge in [0.15, 0.2) is 0 Å². The summed E-state index contributed by atoms with van der Waals surface area (Å²) in [5, 5.41) is 14.6. The Morgan fingerprint density at radius 2 is 1.81 bits per heavy atom. The van der Waals surface area contributed by atoms with Crippen LogP contribution in [0.4, 0.5) is 0 Å². The first kappa shape index (κ1) is 17.9. The maximum absolute atomic E-state index is 9.96. The van der Waals surface area contributed by atoms with Gasteiger partial charge < -0.3 is 10.4 Å². The third kappa shape index (κ3) is 3.96. The summed E-state index contributed by atoms with van der Waals surface area (Å²) in [7, 11) is 0. The predicted octanol–water partition coefficient (Wildman–Crippen LogP) is 5.15. The van der Waals surface area contributed by atoms with Gasteiger partial charge >= 0.3 is 0 Å². The molecular weight excluding hydrogens is 352 g/mol. The van der Waals surface area contributed by atoms with Gasteiger partial charge in [0.2, 0.25) is 0 Å². The second-order valence-corrected chi connectivity index (χ2v) is 7.94. The molecule has 1 aromatic heterocycles. The van der Waals surface area contributed by atoms with Gasteiger partial charge in [-0.1, -0.05) is 73.9 Å². The van der Waals surface area contributed by atoms with Crippen LogP contribution >= 0.6 is 12.2 Å². The highest BCUT2D eigenvalue weighted by Gasteiger charge is 2.33. The Kier molecular flexibility index (Phi) is 5.08. The number of benzene rings is 2. The van der Waals surface area contributed by atoms with Crippen molar-refractivity contribution in [1.29, 1.82) is 0 Å². The third-order valence-electron chi connectivity index (χ3n) is 5.53. The minimum atomic E-state index is 0.00444. The molecule has 1 aliphatic rings. The molecule has 2 N–H and O–H groups in total. The van der Waals surface area contributed by atoms with Gasteiger partial charge in [0, 0.05) is 22.7 Å². The zero-order valence-corrected chi connectivity index (χ0v) is 16.1. The minimum Gasteiger partial charge on any atom is -0.506 e. The molecule has 0 atom stereocenters.